The van der Waals surface area contributed by atoms with E-state index in [1.807, 2.05) is 36.4 Å². The van der Waals surface area contributed by atoms with Crippen molar-refractivity contribution in [1.82, 2.24) is 0 Å². The number of fused-ring (bicyclic) bond motifs is 2. The molecule has 0 bridgehead atoms. The van der Waals surface area contributed by atoms with E-state index in [1.165, 1.54) is 0 Å². The first-order chi connectivity index (χ1) is 7.88. The van der Waals surface area contributed by atoms with Crippen LogP contribution < -0.4 is 4.74 Å². The summed E-state index contributed by atoms with van der Waals surface area (Å²) in [5.41, 5.74) is 2.19. The summed E-state index contributed by atoms with van der Waals surface area (Å²) < 4.78 is 18.5. The molecule has 0 fully saturated rings. The molecule has 2 aromatic rings. The number of rotatable bonds is 1. The number of benzene rings is 2. The van der Waals surface area contributed by atoms with Gasteiger partial charge in [0.1, 0.15) is 11.5 Å². The Morgan fingerprint density at radius 1 is 1.00 bits per heavy atom. The molecule has 1 heterocycles. The van der Waals surface area contributed by atoms with Gasteiger partial charge in [-0.1, -0.05) is 30.3 Å². The van der Waals surface area contributed by atoms with Crippen molar-refractivity contribution in [3.05, 3.63) is 53.6 Å². The first-order valence-electron chi connectivity index (χ1n) is 5.05. The van der Waals surface area contributed by atoms with Crippen LogP contribution in [0.2, 0.25) is 0 Å². The molecule has 2 aromatic carbocycles. The molecule has 1 nitrogen and oxygen atoms in total. The Morgan fingerprint density at radius 2 is 1.81 bits per heavy atom. The van der Waals surface area contributed by atoms with Gasteiger partial charge in [-0.25, -0.2) is 0 Å². The molecule has 0 atom stereocenters. The molecule has 0 saturated heterocycles. The average molecular weight is 232 g/mol. The Labute approximate surface area is 97.5 Å². The Balaban J connectivity index is 2.12. The number of halogens is 1. The second kappa shape index (κ2) is 3.83. The van der Waals surface area contributed by atoms with Crippen LogP contribution in [0.25, 0.3) is 0 Å². The van der Waals surface area contributed by atoms with Crippen LogP contribution >= 0.6 is 12.1 Å². The minimum Gasteiger partial charge on any atom is -0.455 e. The molecule has 16 heavy (non-hydrogen) atoms. The van der Waals surface area contributed by atoms with Gasteiger partial charge in [0.15, 0.2) is 0 Å². The van der Waals surface area contributed by atoms with Gasteiger partial charge in [-0.3, -0.25) is 0 Å². The molecule has 0 amide bonds. The highest BCUT2D eigenvalue weighted by Crippen LogP contribution is 2.42. The van der Waals surface area contributed by atoms with E-state index in [0.29, 0.717) is 10.6 Å². The second-order valence-corrected chi connectivity index (χ2v) is 4.30. The lowest BCUT2D eigenvalue weighted by molar-refractivity contribution is 0.448. The molecular formula is C13H9FOS. The number of para-hydroxylation sites is 2. The zero-order chi connectivity index (χ0) is 11.0. The van der Waals surface area contributed by atoms with Gasteiger partial charge in [-0.15, -0.1) is 0 Å². The van der Waals surface area contributed by atoms with Crippen LogP contribution in [0, 0.1) is 0 Å². The Morgan fingerprint density at radius 3 is 2.69 bits per heavy atom. The fraction of sp³-hybridized carbons (Fsp3) is 0.0769. The highest BCUT2D eigenvalue weighted by Gasteiger charge is 2.19. The quantitative estimate of drug-likeness (QED) is 0.616. The second-order valence-electron chi connectivity index (χ2n) is 3.71. The van der Waals surface area contributed by atoms with Gasteiger partial charge >= 0.3 is 0 Å². The molecule has 1 aliphatic rings. The van der Waals surface area contributed by atoms with Crippen molar-refractivity contribution in [2.24, 2.45) is 0 Å². The van der Waals surface area contributed by atoms with Gasteiger partial charge in [0.05, 0.1) is 17.0 Å². The van der Waals surface area contributed by atoms with Crippen LogP contribution in [0.4, 0.5) is 3.89 Å². The molecule has 0 aromatic heterocycles. The average Bonchev–Trinajstić information content (AvgIpc) is 2.35. The van der Waals surface area contributed by atoms with Crippen molar-refractivity contribution < 1.29 is 8.62 Å². The third kappa shape index (κ3) is 1.48. The minimum absolute atomic E-state index is 0.233. The van der Waals surface area contributed by atoms with Crippen LogP contribution in [-0.4, -0.2) is 0 Å². The molecule has 3 rings (SSSR count). The van der Waals surface area contributed by atoms with E-state index in [9.17, 15) is 3.89 Å². The van der Waals surface area contributed by atoms with E-state index in [-0.39, 0.29) is 12.1 Å². The van der Waals surface area contributed by atoms with Crippen molar-refractivity contribution in [1.29, 1.82) is 0 Å². The highest BCUT2D eigenvalue weighted by molar-refractivity contribution is 7.94. The maximum atomic E-state index is 12.7. The van der Waals surface area contributed by atoms with Crippen LogP contribution in [0.3, 0.4) is 0 Å². The van der Waals surface area contributed by atoms with Gasteiger partial charge in [-0.05, 0) is 17.7 Å². The lowest BCUT2D eigenvalue weighted by Crippen LogP contribution is -2.03. The largest absolute Gasteiger partial charge is 0.455 e. The number of hydrogen-bond donors (Lipinski definition) is 0. The van der Waals surface area contributed by atoms with E-state index in [1.54, 1.807) is 6.07 Å². The van der Waals surface area contributed by atoms with Gasteiger partial charge in [0.25, 0.3) is 0 Å². The Kier molecular flexibility index (Phi) is 2.33. The summed E-state index contributed by atoms with van der Waals surface area (Å²) >= 11 is 0.233. The van der Waals surface area contributed by atoms with Gasteiger partial charge in [0, 0.05) is 12.0 Å². The minimum atomic E-state index is 0.233. The lowest BCUT2D eigenvalue weighted by atomic mass is 10.0. The molecule has 0 radical (unpaired) electrons. The third-order valence-electron chi connectivity index (χ3n) is 2.71. The maximum Gasteiger partial charge on any atom is 0.147 e. The first-order valence-corrected chi connectivity index (χ1v) is 5.76. The van der Waals surface area contributed by atoms with E-state index in [2.05, 4.69) is 0 Å². The summed E-state index contributed by atoms with van der Waals surface area (Å²) in [6.07, 6.45) is 0.805. The van der Waals surface area contributed by atoms with Crippen molar-refractivity contribution in [3.63, 3.8) is 0 Å². The summed E-state index contributed by atoms with van der Waals surface area (Å²) in [6, 6.07) is 13.4. The van der Waals surface area contributed by atoms with E-state index < -0.39 is 0 Å². The van der Waals surface area contributed by atoms with Crippen molar-refractivity contribution in [2.75, 3.05) is 0 Å². The Bertz CT molecular complexity index is 539. The molecule has 3 heteroatoms. The van der Waals surface area contributed by atoms with Crippen LogP contribution in [0.1, 0.15) is 11.1 Å². The Hall–Kier alpha value is -1.48. The molecule has 0 unspecified atom stereocenters. The van der Waals surface area contributed by atoms with Crippen molar-refractivity contribution >= 4 is 12.1 Å². The smallest absolute Gasteiger partial charge is 0.147 e. The fourth-order valence-electron chi connectivity index (χ4n) is 1.94. The topological polar surface area (TPSA) is 9.23 Å². The summed E-state index contributed by atoms with van der Waals surface area (Å²) in [6.45, 7) is 0. The third-order valence-corrected chi connectivity index (χ3v) is 3.20. The molecular weight excluding hydrogens is 223 g/mol. The van der Waals surface area contributed by atoms with Crippen molar-refractivity contribution in [3.8, 4) is 11.5 Å². The summed E-state index contributed by atoms with van der Waals surface area (Å²) in [4.78, 5) is 0.548. The number of hydrogen-bond acceptors (Lipinski definition) is 2. The summed E-state index contributed by atoms with van der Waals surface area (Å²) in [7, 11) is 0. The SMILES string of the molecule is FSc1cccc2c1Oc1ccccc1C2. The molecule has 80 valence electrons. The number of ether oxygens (including phenoxy) is 1. The summed E-state index contributed by atoms with van der Waals surface area (Å²) in [5, 5.41) is 0. The molecule has 0 spiro atoms. The van der Waals surface area contributed by atoms with E-state index >= 15 is 0 Å². The normalized spacial score (nSPS) is 12.6. The van der Waals surface area contributed by atoms with Gasteiger partial charge < -0.3 is 4.74 Å². The molecule has 0 aliphatic carbocycles. The van der Waals surface area contributed by atoms with Crippen molar-refractivity contribution in [2.45, 2.75) is 11.3 Å². The summed E-state index contributed by atoms with van der Waals surface area (Å²) in [5.74, 6) is 1.49. The van der Waals surface area contributed by atoms with Gasteiger partial charge in [0.2, 0.25) is 0 Å². The molecule has 0 N–H and O–H groups in total. The lowest BCUT2D eigenvalue weighted by Gasteiger charge is -2.21. The van der Waals surface area contributed by atoms with Crippen LogP contribution in [0.15, 0.2) is 47.4 Å². The monoisotopic (exact) mass is 232 g/mol. The highest BCUT2D eigenvalue weighted by atomic mass is 32.2. The first kappa shape index (κ1) is 9.73. The van der Waals surface area contributed by atoms with Crippen LogP contribution in [0.5, 0.6) is 11.5 Å². The van der Waals surface area contributed by atoms with Gasteiger partial charge in [-0.2, -0.15) is 3.89 Å². The van der Waals surface area contributed by atoms with E-state index in [0.717, 1.165) is 23.3 Å². The zero-order valence-electron chi connectivity index (χ0n) is 8.44. The maximum absolute atomic E-state index is 12.7. The van der Waals surface area contributed by atoms with Crippen LogP contribution in [-0.2, 0) is 6.42 Å². The molecule has 0 saturated carbocycles. The standard InChI is InChI=1S/C13H9FOS/c14-16-12-7-3-5-10-8-9-4-1-2-6-11(9)15-13(10)12/h1-7H,8H2. The molecule has 1 aliphatic heterocycles. The predicted octanol–water partition coefficient (Wildman–Crippen LogP) is 4.36. The van der Waals surface area contributed by atoms with E-state index in [4.69, 9.17) is 4.74 Å². The predicted molar refractivity (Wildman–Crippen MR) is 62.7 cm³/mol. The zero-order valence-corrected chi connectivity index (χ0v) is 9.26. The fourth-order valence-corrected chi connectivity index (χ4v) is 2.31.